The first-order chi connectivity index (χ1) is 16.9. The summed E-state index contributed by atoms with van der Waals surface area (Å²) in [6, 6.07) is 26.5. The molecule has 4 nitrogen and oxygen atoms in total. The van der Waals surface area contributed by atoms with E-state index in [1.807, 2.05) is 68.4 Å². The Balaban J connectivity index is 1.74. The SMILES string of the molecule is CC[C@](C)(CCNC(=O)C[C@H](c1ccc(OC(C)C)cc1)c1ccccc1OC)c1ccccc1. The summed E-state index contributed by atoms with van der Waals surface area (Å²) in [5.41, 5.74) is 3.41. The first-order valence-electron chi connectivity index (χ1n) is 12.6. The molecule has 0 aliphatic carbocycles. The van der Waals surface area contributed by atoms with Crippen LogP contribution in [0.3, 0.4) is 0 Å². The number of methoxy groups -OCH3 is 1. The molecule has 0 spiro atoms. The molecule has 186 valence electrons. The van der Waals surface area contributed by atoms with E-state index < -0.39 is 0 Å². The molecule has 0 saturated heterocycles. The number of nitrogens with one attached hydrogen (secondary N) is 1. The second-order valence-corrected chi connectivity index (χ2v) is 9.61. The van der Waals surface area contributed by atoms with E-state index in [1.54, 1.807) is 7.11 Å². The monoisotopic (exact) mass is 473 g/mol. The molecule has 0 radical (unpaired) electrons. The molecular formula is C31H39NO3. The normalized spacial score (nSPS) is 13.7. The molecular weight excluding hydrogens is 434 g/mol. The zero-order valence-corrected chi connectivity index (χ0v) is 21.7. The van der Waals surface area contributed by atoms with Gasteiger partial charge in [-0.15, -0.1) is 0 Å². The first-order valence-corrected chi connectivity index (χ1v) is 12.6. The van der Waals surface area contributed by atoms with Crippen molar-refractivity contribution in [3.8, 4) is 11.5 Å². The summed E-state index contributed by atoms with van der Waals surface area (Å²) in [4.78, 5) is 13.1. The van der Waals surface area contributed by atoms with Crippen molar-refractivity contribution in [2.45, 2.75) is 64.4 Å². The summed E-state index contributed by atoms with van der Waals surface area (Å²) in [5, 5.41) is 3.18. The van der Waals surface area contributed by atoms with E-state index in [2.05, 4.69) is 43.4 Å². The Kier molecular flexibility index (Phi) is 9.36. The van der Waals surface area contributed by atoms with Crippen molar-refractivity contribution in [1.82, 2.24) is 5.32 Å². The van der Waals surface area contributed by atoms with Gasteiger partial charge in [-0.25, -0.2) is 0 Å². The Morgan fingerprint density at radius 2 is 1.60 bits per heavy atom. The van der Waals surface area contributed by atoms with Crippen LogP contribution >= 0.6 is 0 Å². The van der Waals surface area contributed by atoms with Gasteiger partial charge < -0.3 is 14.8 Å². The van der Waals surface area contributed by atoms with Crippen LogP contribution in [-0.2, 0) is 10.2 Å². The van der Waals surface area contributed by atoms with Gasteiger partial charge in [-0.2, -0.15) is 0 Å². The van der Waals surface area contributed by atoms with Crippen molar-refractivity contribution in [2.24, 2.45) is 0 Å². The number of hydrogen-bond acceptors (Lipinski definition) is 3. The highest BCUT2D eigenvalue weighted by atomic mass is 16.5. The highest BCUT2D eigenvalue weighted by molar-refractivity contribution is 5.77. The Bertz CT molecular complexity index is 1060. The van der Waals surface area contributed by atoms with Crippen LogP contribution in [0.5, 0.6) is 11.5 Å². The highest BCUT2D eigenvalue weighted by Gasteiger charge is 2.25. The molecule has 1 amide bonds. The number of ether oxygens (including phenoxy) is 2. The van der Waals surface area contributed by atoms with Crippen molar-refractivity contribution in [3.05, 3.63) is 95.6 Å². The van der Waals surface area contributed by atoms with Crippen LogP contribution in [0.25, 0.3) is 0 Å². The number of benzene rings is 3. The molecule has 3 aromatic rings. The number of carbonyl (C=O) groups is 1. The molecule has 0 fully saturated rings. The van der Waals surface area contributed by atoms with E-state index in [-0.39, 0.29) is 23.3 Å². The summed E-state index contributed by atoms with van der Waals surface area (Å²) in [7, 11) is 1.67. The van der Waals surface area contributed by atoms with Crippen LogP contribution in [0.4, 0.5) is 0 Å². The minimum absolute atomic E-state index is 0.0306. The molecule has 3 aromatic carbocycles. The third kappa shape index (κ3) is 7.11. The second-order valence-electron chi connectivity index (χ2n) is 9.61. The quantitative estimate of drug-likeness (QED) is 0.312. The smallest absolute Gasteiger partial charge is 0.220 e. The maximum absolute atomic E-state index is 13.1. The van der Waals surface area contributed by atoms with Gasteiger partial charge in [-0.3, -0.25) is 4.79 Å². The molecule has 0 aliphatic heterocycles. The van der Waals surface area contributed by atoms with Gasteiger partial charge in [0.05, 0.1) is 13.2 Å². The largest absolute Gasteiger partial charge is 0.496 e. The third-order valence-electron chi connectivity index (χ3n) is 6.81. The Labute approximate surface area is 210 Å². The molecule has 35 heavy (non-hydrogen) atoms. The maximum atomic E-state index is 13.1. The van der Waals surface area contributed by atoms with E-state index in [4.69, 9.17) is 9.47 Å². The average Bonchev–Trinajstić information content (AvgIpc) is 2.88. The lowest BCUT2D eigenvalue weighted by Crippen LogP contribution is -2.32. The van der Waals surface area contributed by atoms with E-state index in [9.17, 15) is 4.79 Å². The summed E-state index contributed by atoms with van der Waals surface area (Å²) in [6.45, 7) is 9.14. The van der Waals surface area contributed by atoms with Crippen LogP contribution in [0.1, 0.15) is 69.6 Å². The Hall–Kier alpha value is -3.27. The van der Waals surface area contributed by atoms with Crippen molar-refractivity contribution in [2.75, 3.05) is 13.7 Å². The van der Waals surface area contributed by atoms with E-state index in [0.717, 1.165) is 35.5 Å². The molecule has 0 saturated carbocycles. The number of amides is 1. The fraction of sp³-hybridized carbons (Fsp3) is 0.387. The summed E-state index contributed by atoms with van der Waals surface area (Å²) in [6.07, 6.45) is 2.36. The predicted molar refractivity (Wildman–Crippen MR) is 143 cm³/mol. The molecule has 4 heteroatoms. The minimum atomic E-state index is -0.120. The molecule has 1 N–H and O–H groups in total. The van der Waals surface area contributed by atoms with Crippen LogP contribution in [0, 0.1) is 0 Å². The topological polar surface area (TPSA) is 47.6 Å². The molecule has 3 rings (SSSR count). The number of carbonyl (C=O) groups excluding carboxylic acids is 1. The lowest BCUT2D eigenvalue weighted by atomic mass is 9.77. The summed E-state index contributed by atoms with van der Waals surface area (Å²) >= 11 is 0. The fourth-order valence-electron chi connectivity index (χ4n) is 4.51. The summed E-state index contributed by atoms with van der Waals surface area (Å²) < 4.78 is 11.4. The number of para-hydroxylation sites is 1. The lowest BCUT2D eigenvalue weighted by molar-refractivity contribution is -0.121. The van der Waals surface area contributed by atoms with Crippen molar-refractivity contribution >= 4 is 5.91 Å². The minimum Gasteiger partial charge on any atom is -0.496 e. The van der Waals surface area contributed by atoms with Crippen molar-refractivity contribution in [3.63, 3.8) is 0 Å². The van der Waals surface area contributed by atoms with Crippen LogP contribution in [0.2, 0.25) is 0 Å². The van der Waals surface area contributed by atoms with Gasteiger partial charge in [0.1, 0.15) is 11.5 Å². The van der Waals surface area contributed by atoms with Gasteiger partial charge in [0.2, 0.25) is 5.91 Å². The van der Waals surface area contributed by atoms with Crippen LogP contribution in [0.15, 0.2) is 78.9 Å². The maximum Gasteiger partial charge on any atom is 0.220 e. The van der Waals surface area contributed by atoms with E-state index >= 15 is 0 Å². The zero-order valence-electron chi connectivity index (χ0n) is 21.7. The summed E-state index contributed by atoms with van der Waals surface area (Å²) in [5.74, 6) is 1.53. The molecule has 0 bridgehead atoms. The first kappa shape index (κ1) is 26.3. The number of rotatable bonds is 12. The third-order valence-corrected chi connectivity index (χ3v) is 6.81. The van der Waals surface area contributed by atoms with Gasteiger partial charge >= 0.3 is 0 Å². The van der Waals surface area contributed by atoms with E-state index in [1.165, 1.54) is 5.56 Å². The standard InChI is InChI=1S/C31H39NO3/c1-6-31(4,25-12-8-7-9-13-25)20-21-32-30(33)22-28(27-14-10-11-15-29(27)34-5)24-16-18-26(19-17-24)35-23(2)3/h7-19,23,28H,6,20-22H2,1-5H3,(H,32,33)/t28-,31-/m1/s1. The van der Waals surface area contributed by atoms with Crippen molar-refractivity contribution < 1.29 is 14.3 Å². The van der Waals surface area contributed by atoms with E-state index in [0.29, 0.717) is 13.0 Å². The van der Waals surface area contributed by atoms with Gasteiger partial charge in [-0.1, -0.05) is 74.5 Å². The Morgan fingerprint density at radius 3 is 2.23 bits per heavy atom. The molecule has 0 heterocycles. The van der Waals surface area contributed by atoms with Gasteiger partial charge in [0, 0.05) is 24.4 Å². The zero-order chi connectivity index (χ0) is 25.3. The lowest BCUT2D eigenvalue weighted by Gasteiger charge is -2.29. The van der Waals surface area contributed by atoms with Gasteiger partial charge in [0.25, 0.3) is 0 Å². The van der Waals surface area contributed by atoms with Gasteiger partial charge in [0.15, 0.2) is 0 Å². The highest BCUT2D eigenvalue weighted by Crippen LogP contribution is 2.35. The molecule has 0 aromatic heterocycles. The second kappa shape index (κ2) is 12.4. The van der Waals surface area contributed by atoms with Gasteiger partial charge in [-0.05, 0) is 61.4 Å². The Morgan fingerprint density at radius 1 is 0.943 bits per heavy atom. The van der Waals surface area contributed by atoms with Crippen LogP contribution in [-0.4, -0.2) is 25.7 Å². The molecule has 2 atom stereocenters. The molecule has 0 unspecified atom stereocenters. The van der Waals surface area contributed by atoms with Crippen molar-refractivity contribution in [1.29, 1.82) is 0 Å². The average molecular weight is 474 g/mol. The fourth-order valence-corrected chi connectivity index (χ4v) is 4.51. The number of hydrogen-bond donors (Lipinski definition) is 1. The predicted octanol–water partition coefficient (Wildman–Crippen LogP) is 6.88. The van der Waals surface area contributed by atoms with Crippen LogP contribution < -0.4 is 14.8 Å². The molecule has 0 aliphatic rings.